The van der Waals surface area contributed by atoms with E-state index >= 15 is 0 Å². The Bertz CT molecular complexity index is 515. The van der Waals surface area contributed by atoms with Gasteiger partial charge in [0.1, 0.15) is 0 Å². The van der Waals surface area contributed by atoms with Crippen molar-refractivity contribution in [2.75, 3.05) is 11.4 Å². The lowest BCUT2D eigenvalue weighted by Crippen LogP contribution is -2.37. The predicted octanol–water partition coefficient (Wildman–Crippen LogP) is 4.73. The monoisotopic (exact) mass is 251 g/mol. The fourth-order valence-electron chi connectivity index (χ4n) is 2.96. The molecule has 2 aromatic rings. The maximum atomic E-state index is 2.54. The Balaban J connectivity index is 1.83. The highest BCUT2D eigenvalue weighted by atomic mass is 15.2. The first kappa shape index (κ1) is 12.3. The topological polar surface area (TPSA) is 3.24 Å². The van der Waals surface area contributed by atoms with Crippen LogP contribution in [-0.4, -0.2) is 12.6 Å². The van der Waals surface area contributed by atoms with Crippen molar-refractivity contribution < 1.29 is 0 Å². The van der Waals surface area contributed by atoms with Gasteiger partial charge in [0.05, 0.1) is 0 Å². The summed E-state index contributed by atoms with van der Waals surface area (Å²) in [4.78, 5) is 2.54. The largest absolute Gasteiger partial charge is 0.369 e. The molecule has 0 N–H and O–H groups in total. The molecule has 0 saturated carbocycles. The van der Waals surface area contributed by atoms with Crippen molar-refractivity contribution >= 4 is 5.69 Å². The molecule has 0 aliphatic carbocycles. The Kier molecular flexibility index (Phi) is 3.54. The van der Waals surface area contributed by atoms with Crippen LogP contribution < -0.4 is 4.90 Å². The van der Waals surface area contributed by atoms with Crippen LogP contribution in [-0.2, 0) is 0 Å². The van der Waals surface area contributed by atoms with E-state index in [1.807, 2.05) is 0 Å². The highest BCUT2D eigenvalue weighted by Crippen LogP contribution is 2.27. The molecule has 1 saturated heterocycles. The second kappa shape index (κ2) is 5.48. The molecule has 19 heavy (non-hydrogen) atoms. The second-order valence-corrected chi connectivity index (χ2v) is 5.45. The molecular formula is C18H21N. The van der Waals surface area contributed by atoms with Gasteiger partial charge in [-0.2, -0.15) is 0 Å². The summed E-state index contributed by atoms with van der Waals surface area (Å²) in [5, 5.41) is 0. The van der Waals surface area contributed by atoms with E-state index in [0.29, 0.717) is 6.04 Å². The molecule has 1 aliphatic heterocycles. The zero-order valence-electron chi connectivity index (χ0n) is 11.5. The van der Waals surface area contributed by atoms with E-state index in [4.69, 9.17) is 0 Å². The molecular weight excluding hydrogens is 230 g/mol. The Morgan fingerprint density at radius 3 is 2.21 bits per heavy atom. The van der Waals surface area contributed by atoms with E-state index in [-0.39, 0.29) is 0 Å². The summed E-state index contributed by atoms with van der Waals surface area (Å²) in [7, 11) is 0. The van der Waals surface area contributed by atoms with Gasteiger partial charge in [0, 0.05) is 18.3 Å². The summed E-state index contributed by atoms with van der Waals surface area (Å²) in [6.45, 7) is 3.54. The fraction of sp³-hybridized carbons (Fsp3) is 0.333. The third-order valence-electron chi connectivity index (χ3n) is 4.11. The molecule has 0 radical (unpaired) electrons. The lowest BCUT2D eigenvalue weighted by molar-refractivity contribution is 0.485. The van der Waals surface area contributed by atoms with Crippen LogP contribution >= 0.6 is 0 Å². The quantitative estimate of drug-likeness (QED) is 0.745. The third kappa shape index (κ3) is 2.65. The molecule has 1 aliphatic rings. The van der Waals surface area contributed by atoms with Crippen LogP contribution in [0.4, 0.5) is 5.69 Å². The first-order valence-electron chi connectivity index (χ1n) is 7.27. The maximum absolute atomic E-state index is 2.54. The molecule has 1 nitrogen and oxygen atoms in total. The van der Waals surface area contributed by atoms with Crippen LogP contribution in [0.1, 0.15) is 26.2 Å². The molecule has 3 rings (SSSR count). The van der Waals surface area contributed by atoms with Gasteiger partial charge in [-0.05, 0) is 49.4 Å². The normalized spacial score (nSPS) is 19.4. The van der Waals surface area contributed by atoms with E-state index in [1.54, 1.807) is 0 Å². The van der Waals surface area contributed by atoms with E-state index in [2.05, 4.69) is 66.4 Å². The zero-order chi connectivity index (χ0) is 13.1. The summed E-state index contributed by atoms with van der Waals surface area (Å²) in [5.41, 5.74) is 3.96. The van der Waals surface area contributed by atoms with Gasteiger partial charge in [0.25, 0.3) is 0 Å². The molecule has 0 bridgehead atoms. The molecule has 0 amide bonds. The Labute approximate surface area is 115 Å². The fourth-order valence-corrected chi connectivity index (χ4v) is 2.96. The average Bonchev–Trinajstić information content (AvgIpc) is 2.49. The lowest BCUT2D eigenvalue weighted by Gasteiger charge is -2.35. The lowest BCUT2D eigenvalue weighted by atomic mass is 10.0. The van der Waals surface area contributed by atoms with Gasteiger partial charge < -0.3 is 4.90 Å². The van der Waals surface area contributed by atoms with E-state index < -0.39 is 0 Å². The zero-order valence-corrected chi connectivity index (χ0v) is 11.5. The minimum atomic E-state index is 0.677. The number of hydrogen-bond donors (Lipinski definition) is 0. The van der Waals surface area contributed by atoms with Crippen LogP contribution in [0.2, 0.25) is 0 Å². The highest BCUT2D eigenvalue weighted by Gasteiger charge is 2.18. The summed E-state index contributed by atoms with van der Waals surface area (Å²) in [6, 6.07) is 20.3. The van der Waals surface area contributed by atoms with Crippen LogP contribution in [0, 0.1) is 0 Å². The second-order valence-electron chi connectivity index (χ2n) is 5.45. The van der Waals surface area contributed by atoms with Crippen molar-refractivity contribution in [3.8, 4) is 11.1 Å². The highest BCUT2D eigenvalue weighted by molar-refractivity contribution is 5.66. The van der Waals surface area contributed by atoms with E-state index in [0.717, 1.165) is 0 Å². The minimum Gasteiger partial charge on any atom is -0.369 e. The first-order chi connectivity index (χ1) is 9.34. The summed E-state index contributed by atoms with van der Waals surface area (Å²) < 4.78 is 0. The summed E-state index contributed by atoms with van der Waals surface area (Å²) >= 11 is 0. The van der Waals surface area contributed by atoms with Crippen molar-refractivity contribution in [1.29, 1.82) is 0 Å². The number of rotatable bonds is 2. The summed E-state index contributed by atoms with van der Waals surface area (Å²) in [6.07, 6.45) is 4.02. The molecule has 1 heterocycles. The molecule has 1 unspecified atom stereocenters. The number of piperidine rings is 1. The molecule has 0 spiro atoms. The van der Waals surface area contributed by atoms with Gasteiger partial charge in [-0.1, -0.05) is 42.5 Å². The number of nitrogens with zero attached hydrogens (tertiary/aromatic N) is 1. The van der Waals surface area contributed by atoms with Crippen LogP contribution in [0.25, 0.3) is 11.1 Å². The number of anilines is 1. The summed E-state index contributed by atoms with van der Waals surface area (Å²) in [5.74, 6) is 0. The van der Waals surface area contributed by atoms with Gasteiger partial charge in [-0.3, -0.25) is 0 Å². The molecule has 98 valence electrons. The smallest absolute Gasteiger partial charge is 0.0369 e. The van der Waals surface area contributed by atoms with Gasteiger partial charge in [0.15, 0.2) is 0 Å². The van der Waals surface area contributed by atoms with Gasteiger partial charge in [-0.25, -0.2) is 0 Å². The first-order valence-corrected chi connectivity index (χ1v) is 7.27. The van der Waals surface area contributed by atoms with Crippen molar-refractivity contribution in [1.82, 2.24) is 0 Å². The van der Waals surface area contributed by atoms with Crippen LogP contribution in [0.3, 0.4) is 0 Å². The third-order valence-corrected chi connectivity index (χ3v) is 4.11. The predicted molar refractivity (Wildman–Crippen MR) is 82.5 cm³/mol. The molecule has 2 aromatic carbocycles. The minimum absolute atomic E-state index is 0.677. The van der Waals surface area contributed by atoms with E-state index in [9.17, 15) is 0 Å². The SMILES string of the molecule is CC1CCCCN1c1ccc(-c2ccccc2)cc1. The molecule has 1 fully saturated rings. The van der Waals surface area contributed by atoms with E-state index in [1.165, 1.54) is 42.6 Å². The Morgan fingerprint density at radius 2 is 1.53 bits per heavy atom. The van der Waals surface area contributed by atoms with Gasteiger partial charge in [0.2, 0.25) is 0 Å². The number of hydrogen-bond acceptors (Lipinski definition) is 1. The van der Waals surface area contributed by atoms with Gasteiger partial charge >= 0.3 is 0 Å². The maximum Gasteiger partial charge on any atom is 0.0369 e. The van der Waals surface area contributed by atoms with Gasteiger partial charge in [-0.15, -0.1) is 0 Å². The average molecular weight is 251 g/mol. The number of benzene rings is 2. The standard InChI is InChI=1S/C18H21N/c1-15-7-5-6-14-19(15)18-12-10-17(11-13-18)16-8-3-2-4-9-16/h2-4,8-13,15H,5-7,14H2,1H3. The molecule has 0 aromatic heterocycles. The van der Waals surface area contributed by atoms with Crippen LogP contribution in [0.5, 0.6) is 0 Å². The Morgan fingerprint density at radius 1 is 0.842 bits per heavy atom. The molecule has 1 atom stereocenters. The van der Waals surface area contributed by atoms with Crippen molar-refractivity contribution in [2.24, 2.45) is 0 Å². The van der Waals surface area contributed by atoms with Crippen LogP contribution in [0.15, 0.2) is 54.6 Å². The Hall–Kier alpha value is -1.76. The van der Waals surface area contributed by atoms with Crippen molar-refractivity contribution in [2.45, 2.75) is 32.2 Å². The van der Waals surface area contributed by atoms with Crippen molar-refractivity contribution in [3.63, 3.8) is 0 Å². The molecule has 1 heteroatoms. The van der Waals surface area contributed by atoms with Crippen molar-refractivity contribution in [3.05, 3.63) is 54.6 Å².